The Kier molecular flexibility index (Phi) is 5.02. The highest BCUT2D eigenvalue weighted by Gasteiger charge is 2.24. The normalized spacial score (nSPS) is 13.5. The van der Waals surface area contributed by atoms with Crippen molar-refractivity contribution in [2.24, 2.45) is 0 Å². The molecule has 7 heteroatoms. The molecule has 0 saturated heterocycles. The van der Waals surface area contributed by atoms with Gasteiger partial charge in [0.2, 0.25) is 5.91 Å². The number of para-hydroxylation sites is 1. The molecule has 0 spiro atoms. The summed E-state index contributed by atoms with van der Waals surface area (Å²) < 4.78 is 5.05. The quantitative estimate of drug-likeness (QED) is 0.734. The van der Waals surface area contributed by atoms with E-state index in [1.54, 1.807) is 6.20 Å². The lowest BCUT2D eigenvalue weighted by atomic mass is 10.1. The van der Waals surface area contributed by atoms with E-state index in [1.807, 2.05) is 24.3 Å². The van der Waals surface area contributed by atoms with Crippen LogP contribution in [0.4, 0.5) is 0 Å². The van der Waals surface area contributed by atoms with Gasteiger partial charge in [-0.2, -0.15) is 0 Å². The Morgan fingerprint density at radius 1 is 1.28 bits per heavy atom. The molecular formula is C18H21N3O4. The van der Waals surface area contributed by atoms with Gasteiger partial charge in [-0.1, -0.05) is 18.2 Å². The van der Waals surface area contributed by atoms with Gasteiger partial charge in [0, 0.05) is 30.2 Å². The summed E-state index contributed by atoms with van der Waals surface area (Å²) in [6, 6.07) is 7.91. The van der Waals surface area contributed by atoms with E-state index in [2.05, 4.69) is 10.3 Å². The molecule has 0 aliphatic heterocycles. The average molecular weight is 343 g/mol. The summed E-state index contributed by atoms with van der Waals surface area (Å²) in [5.74, 6) is -1.07. The van der Waals surface area contributed by atoms with Crippen LogP contribution >= 0.6 is 0 Å². The first kappa shape index (κ1) is 17.0. The number of H-pyrrole nitrogens is 1. The minimum absolute atomic E-state index is 0.0324. The topological polar surface area (TPSA) is 91.5 Å². The smallest absolute Gasteiger partial charge is 0.310 e. The third-order valence-electron chi connectivity index (χ3n) is 4.12. The lowest BCUT2D eigenvalue weighted by Crippen LogP contribution is -2.40. The number of rotatable bonds is 7. The largest absolute Gasteiger partial charge is 0.455 e. The number of likely N-dealkylation sites (N-methyl/N-ethyl adjacent to an activating group) is 1. The molecule has 132 valence electrons. The number of amides is 2. The maximum atomic E-state index is 12.0. The monoisotopic (exact) mass is 343 g/mol. The van der Waals surface area contributed by atoms with Crippen molar-refractivity contribution < 1.29 is 19.1 Å². The van der Waals surface area contributed by atoms with Crippen LogP contribution in [0.3, 0.4) is 0 Å². The second-order valence-electron chi connectivity index (χ2n) is 6.29. The molecule has 0 unspecified atom stereocenters. The van der Waals surface area contributed by atoms with Gasteiger partial charge in [-0.3, -0.25) is 14.4 Å². The fourth-order valence-corrected chi connectivity index (χ4v) is 2.54. The number of fused-ring (bicyclic) bond motifs is 1. The fourth-order valence-electron chi connectivity index (χ4n) is 2.54. The Morgan fingerprint density at radius 3 is 2.80 bits per heavy atom. The number of carbonyl (C=O) groups is 3. The summed E-state index contributed by atoms with van der Waals surface area (Å²) in [7, 11) is 1.52. The molecule has 1 heterocycles. The molecule has 1 aliphatic carbocycles. The number of hydrogen-bond donors (Lipinski definition) is 2. The Hall–Kier alpha value is -2.83. The number of hydrogen-bond acceptors (Lipinski definition) is 4. The molecule has 2 amide bonds. The van der Waals surface area contributed by atoms with E-state index >= 15 is 0 Å². The Morgan fingerprint density at radius 2 is 2.04 bits per heavy atom. The molecule has 2 N–H and O–H groups in total. The van der Waals surface area contributed by atoms with Crippen molar-refractivity contribution in [3.63, 3.8) is 0 Å². The van der Waals surface area contributed by atoms with Crippen molar-refractivity contribution in [3.05, 3.63) is 36.0 Å². The van der Waals surface area contributed by atoms with Crippen LogP contribution in [-0.2, 0) is 25.5 Å². The number of aromatic amines is 1. The van der Waals surface area contributed by atoms with Crippen molar-refractivity contribution in [1.29, 1.82) is 0 Å². The SMILES string of the molecule is CN(CC(=O)NC1CC1)C(=O)COC(=O)Cc1c[nH]c2ccccc12. The molecule has 0 atom stereocenters. The van der Waals surface area contributed by atoms with Gasteiger partial charge in [-0.25, -0.2) is 0 Å². The fraction of sp³-hybridized carbons (Fsp3) is 0.389. The van der Waals surface area contributed by atoms with Crippen LogP contribution in [0.15, 0.2) is 30.5 Å². The Labute approximate surface area is 145 Å². The number of carbonyl (C=O) groups excluding carboxylic acids is 3. The standard InChI is InChI=1S/C18H21N3O4/c1-21(10-16(22)20-13-6-7-13)17(23)11-25-18(24)8-12-9-19-15-5-3-2-4-14(12)15/h2-5,9,13,19H,6-8,10-11H2,1H3,(H,20,22). The van der Waals surface area contributed by atoms with Crippen molar-refractivity contribution in [3.8, 4) is 0 Å². The Balaban J connectivity index is 1.44. The Bertz CT molecular complexity index is 794. The number of esters is 1. The third-order valence-corrected chi connectivity index (χ3v) is 4.12. The minimum atomic E-state index is -0.478. The maximum Gasteiger partial charge on any atom is 0.310 e. The highest BCUT2D eigenvalue weighted by molar-refractivity contribution is 5.89. The zero-order valence-electron chi connectivity index (χ0n) is 14.1. The van der Waals surface area contributed by atoms with Gasteiger partial charge >= 0.3 is 5.97 Å². The minimum Gasteiger partial charge on any atom is -0.455 e. The van der Waals surface area contributed by atoms with E-state index in [-0.39, 0.29) is 31.5 Å². The van der Waals surface area contributed by atoms with Gasteiger partial charge in [-0.15, -0.1) is 0 Å². The molecule has 1 aromatic carbocycles. The van der Waals surface area contributed by atoms with Gasteiger partial charge in [0.05, 0.1) is 13.0 Å². The molecule has 0 bridgehead atoms. The third kappa shape index (κ3) is 4.59. The predicted octanol–water partition coefficient (Wildman–Crippen LogP) is 0.991. The molecule has 1 aromatic heterocycles. The molecule has 7 nitrogen and oxygen atoms in total. The zero-order chi connectivity index (χ0) is 17.8. The summed E-state index contributed by atoms with van der Waals surface area (Å²) in [5.41, 5.74) is 1.77. The van der Waals surface area contributed by atoms with Crippen LogP contribution in [0.1, 0.15) is 18.4 Å². The average Bonchev–Trinajstić information content (AvgIpc) is 3.31. The molecule has 1 saturated carbocycles. The van der Waals surface area contributed by atoms with Crippen molar-refractivity contribution >= 4 is 28.7 Å². The number of ether oxygens (including phenoxy) is 1. The van der Waals surface area contributed by atoms with E-state index in [0.29, 0.717) is 0 Å². The zero-order valence-corrected chi connectivity index (χ0v) is 14.1. The first-order valence-corrected chi connectivity index (χ1v) is 8.27. The first-order valence-electron chi connectivity index (χ1n) is 8.27. The van der Waals surface area contributed by atoms with Crippen LogP contribution in [0.25, 0.3) is 10.9 Å². The summed E-state index contributed by atoms with van der Waals surface area (Å²) in [4.78, 5) is 40.0. The van der Waals surface area contributed by atoms with E-state index < -0.39 is 11.9 Å². The number of nitrogens with one attached hydrogen (secondary N) is 2. The molecule has 1 fully saturated rings. The van der Waals surface area contributed by atoms with Crippen LogP contribution in [0.5, 0.6) is 0 Å². The summed E-state index contributed by atoms with van der Waals surface area (Å²) >= 11 is 0. The second kappa shape index (κ2) is 7.38. The van der Waals surface area contributed by atoms with E-state index in [0.717, 1.165) is 29.3 Å². The highest BCUT2D eigenvalue weighted by Crippen LogP contribution is 2.19. The van der Waals surface area contributed by atoms with E-state index in [4.69, 9.17) is 4.74 Å². The number of nitrogens with zero attached hydrogens (tertiary/aromatic N) is 1. The van der Waals surface area contributed by atoms with Crippen molar-refractivity contribution in [1.82, 2.24) is 15.2 Å². The molecule has 3 rings (SSSR count). The highest BCUT2D eigenvalue weighted by atomic mass is 16.5. The molecule has 25 heavy (non-hydrogen) atoms. The molecule has 0 radical (unpaired) electrons. The van der Waals surface area contributed by atoms with Gasteiger partial charge < -0.3 is 19.9 Å². The van der Waals surface area contributed by atoms with Gasteiger partial charge in [0.25, 0.3) is 5.91 Å². The molecular weight excluding hydrogens is 322 g/mol. The van der Waals surface area contributed by atoms with Crippen molar-refractivity contribution in [2.75, 3.05) is 20.2 Å². The molecule has 1 aliphatic rings. The van der Waals surface area contributed by atoms with Crippen LogP contribution in [0, 0.1) is 0 Å². The van der Waals surface area contributed by atoms with Gasteiger partial charge in [0.15, 0.2) is 6.61 Å². The summed E-state index contributed by atoms with van der Waals surface area (Å²) in [6.45, 7) is -0.399. The van der Waals surface area contributed by atoms with E-state index in [9.17, 15) is 14.4 Å². The van der Waals surface area contributed by atoms with Crippen LogP contribution < -0.4 is 5.32 Å². The van der Waals surface area contributed by atoms with Gasteiger partial charge in [-0.05, 0) is 24.5 Å². The summed E-state index contributed by atoms with van der Waals surface area (Å²) in [6.07, 6.45) is 3.84. The van der Waals surface area contributed by atoms with E-state index in [1.165, 1.54) is 11.9 Å². The second-order valence-corrected chi connectivity index (χ2v) is 6.29. The lowest BCUT2D eigenvalue weighted by Gasteiger charge is -2.16. The van der Waals surface area contributed by atoms with Crippen LogP contribution in [-0.4, -0.2) is 53.9 Å². The van der Waals surface area contributed by atoms with Crippen LogP contribution in [0.2, 0.25) is 0 Å². The summed E-state index contributed by atoms with van der Waals surface area (Å²) in [5, 5.41) is 3.77. The number of aromatic nitrogens is 1. The predicted molar refractivity (Wildman–Crippen MR) is 91.8 cm³/mol. The first-order chi connectivity index (χ1) is 12.0. The number of benzene rings is 1. The van der Waals surface area contributed by atoms with Gasteiger partial charge in [0.1, 0.15) is 0 Å². The lowest BCUT2D eigenvalue weighted by molar-refractivity contribution is -0.151. The molecule has 2 aromatic rings. The van der Waals surface area contributed by atoms with Crippen molar-refractivity contribution in [2.45, 2.75) is 25.3 Å². The maximum absolute atomic E-state index is 12.0.